The molecule has 0 bridgehead atoms. The predicted octanol–water partition coefficient (Wildman–Crippen LogP) is 5.46. The van der Waals surface area contributed by atoms with E-state index in [1.165, 1.54) is 35.2 Å². The van der Waals surface area contributed by atoms with Gasteiger partial charge in [0, 0.05) is 28.3 Å². The predicted molar refractivity (Wildman–Crippen MR) is 115 cm³/mol. The number of benzene rings is 3. The van der Waals surface area contributed by atoms with Crippen LogP contribution in [0.3, 0.4) is 0 Å². The summed E-state index contributed by atoms with van der Waals surface area (Å²) in [6.45, 7) is 0.127. The highest BCUT2D eigenvalue weighted by Gasteiger charge is 2.43. The number of hydrogen-bond acceptors (Lipinski definition) is 3. The van der Waals surface area contributed by atoms with Crippen LogP contribution in [0.15, 0.2) is 66.7 Å². The van der Waals surface area contributed by atoms with Gasteiger partial charge in [0.15, 0.2) is 0 Å². The summed E-state index contributed by atoms with van der Waals surface area (Å²) in [5.41, 5.74) is 2.25. The number of phenolic OH excluding ortho intramolecular Hbond substituents is 1. The Morgan fingerprint density at radius 2 is 1.81 bits per heavy atom. The summed E-state index contributed by atoms with van der Waals surface area (Å²) in [5.74, 6) is -1.32. The second-order valence-electron chi connectivity index (χ2n) is 7.51. The number of nitrogens with one attached hydrogen (secondary N) is 1. The largest absolute Gasteiger partial charge is 0.507 e. The number of nitrogens with zero attached hydrogens (tertiary/aromatic N) is 2. The van der Waals surface area contributed by atoms with E-state index in [2.05, 4.69) is 10.2 Å². The molecule has 4 aromatic rings. The number of halogens is 3. The first-order valence-electron chi connectivity index (χ1n) is 9.81. The van der Waals surface area contributed by atoms with Gasteiger partial charge in [-0.3, -0.25) is 9.89 Å². The summed E-state index contributed by atoms with van der Waals surface area (Å²) < 4.78 is 28.3. The molecule has 0 fully saturated rings. The molecule has 0 spiro atoms. The summed E-state index contributed by atoms with van der Waals surface area (Å²) in [4.78, 5) is 14.8. The van der Waals surface area contributed by atoms with Gasteiger partial charge < -0.3 is 10.0 Å². The molecule has 1 amide bonds. The average Bonchev–Trinajstić information content (AvgIpc) is 3.31. The lowest BCUT2D eigenvalue weighted by Crippen LogP contribution is -2.29. The molecule has 1 atom stereocenters. The van der Waals surface area contributed by atoms with Crippen LogP contribution < -0.4 is 0 Å². The molecule has 2 heterocycles. The lowest BCUT2D eigenvalue weighted by atomic mass is 9.95. The molecule has 2 N–H and O–H groups in total. The van der Waals surface area contributed by atoms with E-state index in [-0.39, 0.29) is 35.3 Å². The van der Waals surface area contributed by atoms with E-state index in [4.69, 9.17) is 11.6 Å². The van der Waals surface area contributed by atoms with E-state index in [1.54, 1.807) is 36.4 Å². The van der Waals surface area contributed by atoms with E-state index >= 15 is 0 Å². The molecule has 1 aliphatic heterocycles. The summed E-state index contributed by atoms with van der Waals surface area (Å²) in [5, 5.41) is 17.8. The Balaban J connectivity index is 1.68. The van der Waals surface area contributed by atoms with Gasteiger partial charge in [0.1, 0.15) is 28.8 Å². The molecule has 1 aromatic heterocycles. The van der Waals surface area contributed by atoms with Crippen molar-refractivity contribution in [3.05, 3.63) is 106 Å². The first-order chi connectivity index (χ1) is 15.4. The SMILES string of the molecule is O=C1c2[nH]nc(-c3cc(Cl)ccc3O)c2C(c2ccccc2F)N1Cc1ccc(F)cc1. The summed E-state index contributed by atoms with van der Waals surface area (Å²) >= 11 is 6.12. The molecular formula is C24H16ClF2N3O2. The van der Waals surface area contributed by atoms with Crippen LogP contribution >= 0.6 is 11.6 Å². The van der Waals surface area contributed by atoms with Gasteiger partial charge in [-0.1, -0.05) is 41.9 Å². The van der Waals surface area contributed by atoms with Gasteiger partial charge in [0.25, 0.3) is 5.91 Å². The number of carbonyl (C=O) groups is 1. The van der Waals surface area contributed by atoms with Crippen molar-refractivity contribution >= 4 is 17.5 Å². The topological polar surface area (TPSA) is 69.2 Å². The first-order valence-corrected chi connectivity index (χ1v) is 10.2. The van der Waals surface area contributed by atoms with Crippen molar-refractivity contribution in [2.75, 3.05) is 0 Å². The van der Waals surface area contributed by atoms with Crippen molar-refractivity contribution in [1.29, 1.82) is 0 Å². The van der Waals surface area contributed by atoms with E-state index in [0.29, 0.717) is 27.4 Å². The fourth-order valence-corrected chi connectivity index (χ4v) is 4.24. The molecule has 3 aromatic carbocycles. The van der Waals surface area contributed by atoms with Gasteiger partial charge >= 0.3 is 0 Å². The van der Waals surface area contributed by atoms with Gasteiger partial charge in [0.05, 0.1) is 6.04 Å². The zero-order valence-corrected chi connectivity index (χ0v) is 17.3. The van der Waals surface area contributed by atoms with Crippen molar-refractivity contribution < 1.29 is 18.7 Å². The highest BCUT2D eigenvalue weighted by atomic mass is 35.5. The molecule has 160 valence electrons. The number of amides is 1. The van der Waals surface area contributed by atoms with E-state index in [0.717, 1.165) is 0 Å². The molecule has 0 aliphatic carbocycles. The number of fused-ring (bicyclic) bond motifs is 1. The normalized spacial score (nSPS) is 15.3. The Morgan fingerprint density at radius 3 is 2.56 bits per heavy atom. The number of aromatic hydroxyl groups is 1. The Morgan fingerprint density at radius 1 is 1.06 bits per heavy atom. The quantitative estimate of drug-likeness (QED) is 0.433. The monoisotopic (exact) mass is 451 g/mol. The highest BCUT2D eigenvalue weighted by molar-refractivity contribution is 6.31. The number of H-pyrrole nitrogens is 1. The lowest BCUT2D eigenvalue weighted by molar-refractivity contribution is 0.0728. The van der Waals surface area contributed by atoms with Crippen molar-refractivity contribution in [2.24, 2.45) is 0 Å². The third-order valence-corrected chi connectivity index (χ3v) is 5.78. The van der Waals surface area contributed by atoms with Crippen molar-refractivity contribution in [2.45, 2.75) is 12.6 Å². The van der Waals surface area contributed by atoms with E-state index in [1.807, 2.05) is 0 Å². The van der Waals surface area contributed by atoms with Crippen LogP contribution in [0.4, 0.5) is 8.78 Å². The van der Waals surface area contributed by atoms with Crippen LogP contribution in [0.2, 0.25) is 5.02 Å². The second-order valence-corrected chi connectivity index (χ2v) is 7.94. The van der Waals surface area contributed by atoms with Crippen LogP contribution in [0.1, 0.15) is 33.2 Å². The highest BCUT2D eigenvalue weighted by Crippen LogP contribution is 2.46. The minimum absolute atomic E-state index is 0.0691. The Labute approximate surface area is 186 Å². The van der Waals surface area contributed by atoms with Gasteiger partial charge in [-0.2, -0.15) is 5.10 Å². The third kappa shape index (κ3) is 3.31. The van der Waals surface area contributed by atoms with E-state index in [9.17, 15) is 18.7 Å². The Kier molecular flexibility index (Phi) is 4.90. The van der Waals surface area contributed by atoms with Crippen LogP contribution in [-0.4, -0.2) is 26.1 Å². The minimum atomic E-state index is -0.809. The van der Waals surface area contributed by atoms with Gasteiger partial charge in [-0.05, 0) is 42.0 Å². The molecule has 32 heavy (non-hydrogen) atoms. The van der Waals surface area contributed by atoms with Gasteiger partial charge in [0.2, 0.25) is 0 Å². The minimum Gasteiger partial charge on any atom is -0.507 e. The van der Waals surface area contributed by atoms with Crippen LogP contribution in [-0.2, 0) is 6.54 Å². The van der Waals surface area contributed by atoms with Gasteiger partial charge in [-0.25, -0.2) is 8.78 Å². The van der Waals surface area contributed by atoms with Crippen molar-refractivity contribution in [3.63, 3.8) is 0 Å². The zero-order valence-electron chi connectivity index (χ0n) is 16.5. The van der Waals surface area contributed by atoms with E-state index < -0.39 is 11.9 Å². The van der Waals surface area contributed by atoms with Crippen molar-refractivity contribution in [3.8, 4) is 17.0 Å². The average molecular weight is 452 g/mol. The summed E-state index contributed by atoms with van der Waals surface area (Å²) in [7, 11) is 0. The first kappa shape index (κ1) is 20.2. The molecule has 5 nitrogen and oxygen atoms in total. The third-order valence-electron chi connectivity index (χ3n) is 5.54. The molecule has 1 unspecified atom stereocenters. The Hall–Kier alpha value is -3.71. The number of rotatable bonds is 4. The van der Waals surface area contributed by atoms with Crippen LogP contribution in [0.5, 0.6) is 5.75 Å². The molecule has 5 rings (SSSR count). The fraction of sp³-hybridized carbons (Fsp3) is 0.0833. The number of hydrogen-bond donors (Lipinski definition) is 2. The maximum Gasteiger partial charge on any atom is 0.273 e. The molecule has 0 saturated heterocycles. The molecule has 0 radical (unpaired) electrons. The van der Waals surface area contributed by atoms with Crippen LogP contribution in [0, 0.1) is 11.6 Å². The lowest BCUT2D eigenvalue weighted by Gasteiger charge is -2.27. The Bertz CT molecular complexity index is 1340. The van der Waals surface area contributed by atoms with Crippen molar-refractivity contribution in [1.82, 2.24) is 15.1 Å². The standard InChI is InChI=1S/C24H16ClF2N3O2/c25-14-7-10-19(31)17(11-14)21-20-22(29-28-21)24(32)30(12-13-5-8-15(26)9-6-13)23(20)16-3-1-2-4-18(16)27/h1-11,23,31H,12H2,(H,28,29). The number of aromatic nitrogens is 2. The molecule has 0 saturated carbocycles. The maximum atomic E-state index is 14.9. The maximum absolute atomic E-state index is 14.9. The molecule has 8 heteroatoms. The van der Waals surface area contributed by atoms with Crippen LogP contribution in [0.25, 0.3) is 11.3 Å². The zero-order chi connectivity index (χ0) is 22.4. The second kappa shape index (κ2) is 7.76. The fourth-order valence-electron chi connectivity index (χ4n) is 4.07. The number of carbonyl (C=O) groups excluding carboxylic acids is 1. The summed E-state index contributed by atoms with van der Waals surface area (Å²) in [6, 6.07) is 15.7. The smallest absolute Gasteiger partial charge is 0.273 e. The summed E-state index contributed by atoms with van der Waals surface area (Å²) in [6.07, 6.45) is 0. The molecule has 1 aliphatic rings. The molecular weight excluding hydrogens is 436 g/mol. The van der Waals surface area contributed by atoms with Gasteiger partial charge in [-0.15, -0.1) is 0 Å². The number of aromatic amines is 1. The number of phenols is 1.